The van der Waals surface area contributed by atoms with Crippen molar-refractivity contribution in [1.82, 2.24) is 10.6 Å². The third-order valence-electron chi connectivity index (χ3n) is 9.29. The molecule has 0 aromatic heterocycles. The smallest absolute Gasteiger partial charge is 0.0785 e. The maximum Gasteiger partial charge on any atom is 0.0785 e. The molecule has 4 nitrogen and oxygen atoms in total. The molecular formula is C38H45FN4. The Morgan fingerprint density at radius 3 is 2.65 bits per heavy atom. The molecule has 0 bridgehead atoms. The number of piperidine rings is 1. The minimum absolute atomic E-state index is 0.0999. The van der Waals surface area contributed by atoms with Crippen LogP contribution in [0.25, 0.3) is 17.2 Å². The zero-order chi connectivity index (χ0) is 30.6. The van der Waals surface area contributed by atoms with E-state index in [-0.39, 0.29) is 5.54 Å². The molecule has 0 amide bonds. The van der Waals surface area contributed by atoms with Crippen LogP contribution in [-0.2, 0) is 6.54 Å². The van der Waals surface area contributed by atoms with Gasteiger partial charge in [-0.1, -0.05) is 86.5 Å². The molecule has 2 unspecified atom stereocenters. The van der Waals surface area contributed by atoms with E-state index in [0.29, 0.717) is 13.2 Å². The fraction of sp³-hybridized carbons (Fsp3) is 0.316. The Morgan fingerprint density at radius 2 is 1.95 bits per heavy atom. The maximum atomic E-state index is 9.50. The van der Waals surface area contributed by atoms with Gasteiger partial charge < -0.3 is 20.4 Å². The van der Waals surface area contributed by atoms with E-state index in [9.17, 15) is 4.39 Å². The zero-order valence-electron chi connectivity index (χ0n) is 25.9. The number of likely N-dealkylation sites (N-methyl/N-ethyl adjacent to an activating group) is 1. The molecule has 0 radical (unpaired) electrons. The van der Waals surface area contributed by atoms with Gasteiger partial charge in [0, 0.05) is 54.3 Å². The summed E-state index contributed by atoms with van der Waals surface area (Å²) >= 11 is 0. The Kier molecular flexibility index (Phi) is 9.34. The molecular weight excluding hydrogens is 531 g/mol. The molecule has 1 aliphatic carbocycles. The normalized spacial score (nSPS) is 22.5. The Morgan fingerprint density at radius 1 is 1.16 bits per heavy atom. The molecule has 2 fully saturated rings. The lowest BCUT2D eigenvalue weighted by atomic mass is 9.85. The summed E-state index contributed by atoms with van der Waals surface area (Å²) in [4.78, 5) is 4.93. The number of rotatable bonds is 7. The summed E-state index contributed by atoms with van der Waals surface area (Å²) in [6, 6.07) is 14.0. The summed E-state index contributed by atoms with van der Waals surface area (Å²) in [7, 11) is 2.62. The second-order valence-corrected chi connectivity index (χ2v) is 11.8. The Hall–Kier alpha value is -3.93. The highest BCUT2D eigenvalue weighted by Gasteiger charge is 2.47. The molecule has 3 aliphatic heterocycles. The fourth-order valence-electron chi connectivity index (χ4n) is 7.02. The van der Waals surface area contributed by atoms with Gasteiger partial charge in [0.05, 0.1) is 18.4 Å². The lowest BCUT2D eigenvalue weighted by molar-refractivity contribution is 0.241. The van der Waals surface area contributed by atoms with Crippen LogP contribution in [-0.4, -0.2) is 45.4 Å². The second-order valence-electron chi connectivity index (χ2n) is 11.8. The lowest BCUT2D eigenvalue weighted by Crippen LogP contribution is -2.61. The number of nitrogens with zero attached hydrogens (tertiary/aromatic N) is 2. The highest BCUT2D eigenvalue weighted by Crippen LogP contribution is 2.46. The SMILES string of the molecule is C=Cc1c(N2CC3NCCCC3(NC)C2)ccc2c1N(Cc1ccc(C3=CCC=CC=C3)cc1)C=C(C(=C)C)C2=C.CF. The monoisotopic (exact) mass is 576 g/mol. The van der Waals surface area contributed by atoms with E-state index < -0.39 is 0 Å². The number of nitrogens with one attached hydrogen (secondary N) is 2. The molecule has 2 aromatic rings. The van der Waals surface area contributed by atoms with Crippen molar-refractivity contribution in [3.63, 3.8) is 0 Å². The van der Waals surface area contributed by atoms with E-state index in [0.717, 1.165) is 54.9 Å². The first-order valence-electron chi connectivity index (χ1n) is 15.3. The molecule has 3 heterocycles. The van der Waals surface area contributed by atoms with Crippen LogP contribution in [0.4, 0.5) is 15.8 Å². The summed E-state index contributed by atoms with van der Waals surface area (Å²) < 4.78 is 9.50. The average Bonchev–Trinajstić information content (AvgIpc) is 3.22. The zero-order valence-corrected chi connectivity index (χ0v) is 25.9. The Labute approximate surface area is 257 Å². The summed E-state index contributed by atoms with van der Waals surface area (Å²) in [5, 5.41) is 7.48. The van der Waals surface area contributed by atoms with Gasteiger partial charge in [-0.25, -0.2) is 0 Å². The molecule has 0 saturated carbocycles. The summed E-state index contributed by atoms with van der Waals surface area (Å²) in [5.41, 5.74) is 11.8. The number of hydrogen-bond donors (Lipinski definition) is 2. The first-order valence-corrected chi connectivity index (χ1v) is 15.3. The largest absolute Gasteiger partial charge is 0.367 e. The fourth-order valence-corrected chi connectivity index (χ4v) is 7.02. The molecule has 224 valence electrons. The van der Waals surface area contributed by atoms with E-state index >= 15 is 0 Å². The standard InChI is InChI=1S/C37H42N4.CH3F/c1-6-31-34(41-24-35-37(25-41,38-5)20-11-21-39-35)19-18-32-27(4)33(26(2)3)23-40(36(31)32)22-28-14-16-30(17-15-28)29-12-9-7-8-10-13-29;1-2/h6-9,12-19,23,35,38-39H,1-2,4,10-11,20-22,24-25H2,3,5H3;1H3. The van der Waals surface area contributed by atoms with Gasteiger partial charge in [-0.3, -0.25) is 4.39 Å². The Bertz CT molecular complexity index is 1510. The van der Waals surface area contributed by atoms with Crippen molar-refractivity contribution in [2.75, 3.05) is 43.7 Å². The van der Waals surface area contributed by atoms with Crippen molar-refractivity contribution in [3.05, 3.63) is 126 Å². The minimum Gasteiger partial charge on any atom is -0.367 e. The molecule has 2 atom stereocenters. The van der Waals surface area contributed by atoms with Gasteiger partial charge in [-0.2, -0.15) is 0 Å². The molecule has 6 rings (SSSR count). The molecule has 2 aromatic carbocycles. The number of allylic oxidation sites excluding steroid dienone is 9. The molecule has 5 heteroatoms. The van der Waals surface area contributed by atoms with Crippen LogP contribution >= 0.6 is 0 Å². The molecule has 0 spiro atoms. The lowest BCUT2D eigenvalue weighted by Gasteiger charge is -2.39. The van der Waals surface area contributed by atoms with Gasteiger partial charge in [0.1, 0.15) is 0 Å². The minimum atomic E-state index is 0.0999. The van der Waals surface area contributed by atoms with Crippen molar-refractivity contribution in [2.45, 2.75) is 44.3 Å². The van der Waals surface area contributed by atoms with Crippen LogP contribution in [0.1, 0.15) is 48.4 Å². The van der Waals surface area contributed by atoms with Crippen LogP contribution < -0.4 is 20.4 Å². The van der Waals surface area contributed by atoms with Crippen molar-refractivity contribution in [1.29, 1.82) is 0 Å². The third kappa shape index (κ3) is 5.84. The van der Waals surface area contributed by atoms with Gasteiger partial charge in [0.25, 0.3) is 0 Å². The predicted octanol–water partition coefficient (Wildman–Crippen LogP) is 7.84. The Balaban J connectivity index is 0.00000180. The van der Waals surface area contributed by atoms with E-state index in [1.54, 1.807) is 0 Å². The van der Waals surface area contributed by atoms with Gasteiger partial charge in [-0.15, -0.1) is 0 Å². The maximum absolute atomic E-state index is 9.50. The second kappa shape index (κ2) is 13.2. The van der Waals surface area contributed by atoms with Gasteiger partial charge in [0.15, 0.2) is 0 Å². The molecule has 4 aliphatic rings. The van der Waals surface area contributed by atoms with E-state index in [4.69, 9.17) is 0 Å². The average molecular weight is 577 g/mol. The predicted molar refractivity (Wildman–Crippen MR) is 184 cm³/mol. The van der Waals surface area contributed by atoms with Crippen molar-refractivity contribution in [3.8, 4) is 0 Å². The van der Waals surface area contributed by atoms with Crippen LogP contribution in [0, 0.1) is 0 Å². The number of alkyl halides is 1. The third-order valence-corrected chi connectivity index (χ3v) is 9.29. The molecule has 2 saturated heterocycles. The first kappa shape index (κ1) is 30.5. The highest BCUT2D eigenvalue weighted by atomic mass is 19.1. The van der Waals surface area contributed by atoms with Crippen LogP contribution in [0.3, 0.4) is 0 Å². The summed E-state index contributed by atoms with van der Waals surface area (Å²) in [6.45, 7) is 19.0. The number of halogens is 1. The molecule has 2 N–H and O–H groups in total. The van der Waals surface area contributed by atoms with Crippen LogP contribution in [0.5, 0.6) is 0 Å². The topological polar surface area (TPSA) is 30.5 Å². The highest BCUT2D eigenvalue weighted by molar-refractivity contribution is 5.97. The molecule has 43 heavy (non-hydrogen) atoms. The quantitative estimate of drug-likeness (QED) is 0.352. The van der Waals surface area contributed by atoms with E-state index in [1.165, 1.54) is 46.5 Å². The van der Waals surface area contributed by atoms with Gasteiger partial charge in [-0.05, 0) is 73.7 Å². The van der Waals surface area contributed by atoms with E-state index in [1.807, 2.05) is 6.08 Å². The van der Waals surface area contributed by atoms with Gasteiger partial charge >= 0.3 is 0 Å². The number of benzene rings is 2. The van der Waals surface area contributed by atoms with Crippen LogP contribution in [0.15, 0.2) is 104 Å². The summed E-state index contributed by atoms with van der Waals surface area (Å²) in [5.74, 6) is 0. The number of anilines is 2. The van der Waals surface area contributed by atoms with Crippen molar-refractivity contribution >= 4 is 28.6 Å². The van der Waals surface area contributed by atoms with E-state index in [2.05, 4.69) is 127 Å². The van der Waals surface area contributed by atoms with Gasteiger partial charge in [0.2, 0.25) is 0 Å². The number of hydrogen-bond acceptors (Lipinski definition) is 4. The summed E-state index contributed by atoms with van der Waals surface area (Å²) in [6.07, 6.45) is 18.5. The number of fused-ring (bicyclic) bond motifs is 2. The van der Waals surface area contributed by atoms with Crippen molar-refractivity contribution < 1.29 is 4.39 Å². The van der Waals surface area contributed by atoms with Crippen LogP contribution in [0.2, 0.25) is 0 Å². The van der Waals surface area contributed by atoms with Crippen molar-refractivity contribution in [2.24, 2.45) is 0 Å². The first-order chi connectivity index (χ1) is 20.9.